The van der Waals surface area contributed by atoms with Crippen molar-refractivity contribution in [3.8, 4) is 11.3 Å². The molecule has 3 heterocycles. The highest BCUT2D eigenvalue weighted by Crippen LogP contribution is 2.47. The van der Waals surface area contributed by atoms with Crippen LogP contribution in [0, 0.1) is 12.8 Å². The van der Waals surface area contributed by atoms with Crippen molar-refractivity contribution in [2.75, 3.05) is 11.4 Å². The van der Waals surface area contributed by atoms with Gasteiger partial charge in [0.25, 0.3) is 0 Å². The van der Waals surface area contributed by atoms with Crippen LogP contribution in [-0.2, 0) is 11.3 Å². The molecule has 7 heteroatoms. The maximum Gasteiger partial charge on any atom is 0.186 e. The highest BCUT2D eigenvalue weighted by molar-refractivity contribution is 7.22. The number of hydrogen-bond acceptors (Lipinski definition) is 6. The summed E-state index contributed by atoms with van der Waals surface area (Å²) in [6, 6.07) is 14.9. The molecule has 2 aliphatic carbocycles. The van der Waals surface area contributed by atoms with Crippen LogP contribution in [0.15, 0.2) is 47.0 Å². The molecule has 34 heavy (non-hydrogen) atoms. The van der Waals surface area contributed by atoms with Crippen LogP contribution in [0.3, 0.4) is 0 Å². The Morgan fingerprint density at radius 2 is 2.03 bits per heavy atom. The summed E-state index contributed by atoms with van der Waals surface area (Å²) in [6.07, 6.45) is 4.81. The van der Waals surface area contributed by atoms with Crippen molar-refractivity contribution >= 4 is 38.3 Å². The van der Waals surface area contributed by atoms with Crippen molar-refractivity contribution in [3.63, 3.8) is 0 Å². The van der Waals surface area contributed by atoms with Crippen LogP contribution >= 0.6 is 22.9 Å². The molecule has 2 saturated carbocycles. The van der Waals surface area contributed by atoms with E-state index in [1.54, 1.807) is 11.3 Å². The van der Waals surface area contributed by atoms with Crippen molar-refractivity contribution in [1.29, 1.82) is 0 Å². The first-order valence-corrected chi connectivity index (χ1v) is 13.3. The van der Waals surface area contributed by atoms with E-state index in [2.05, 4.69) is 47.3 Å². The SMILES string of the molecule is Cc1cccc(Cl)c1-c1noc(C2CC2)c1COC1C[C@H]2C[C@@H]1CN2c1nc2ccccc2s1. The first-order chi connectivity index (χ1) is 16.7. The van der Waals surface area contributed by atoms with Crippen molar-refractivity contribution in [2.24, 2.45) is 5.92 Å². The molecule has 1 saturated heterocycles. The minimum Gasteiger partial charge on any atom is -0.373 e. The van der Waals surface area contributed by atoms with Crippen LogP contribution in [0.2, 0.25) is 5.02 Å². The predicted octanol–water partition coefficient (Wildman–Crippen LogP) is 6.97. The molecule has 2 aromatic carbocycles. The van der Waals surface area contributed by atoms with E-state index < -0.39 is 0 Å². The summed E-state index contributed by atoms with van der Waals surface area (Å²) in [7, 11) is 0. The molecule has 0 radical (unpaired) electrons. The molecule has 7 rings (SSSR count). The van der Waals surface area contributed by atoms with Gasteiger partial charge in [0.1, 0.15) is 11.5 Å². The van der Waals surface area contributed by atoms with Gasteiger partial charge in [-0.1, -0.05) is 52.4 Å². The van der Waals surface area contributed by atoms with Crippen LogP contribution in [0.5, 0.6) is 0 Å². The lowest BCUT2D eigenvalue weighted by Gasteiger charge is -2.31. The lowest BCUT2D eigenvalue weighted by molar-refractivity contribution is 0.0122. The number of benzene rings is 2. The van der Waals surface area contributed by atoms with Crippen molar-refractivity contribution < 1.29 is 9.26 Å². The molecule has 0 N–H and O–H groups in total. The number of aromatic nitrogens is 2. The van der Waals surface area contributed by atoms with E-state index in [0.29, 0.717) is 29.5 Å². The molecular weight excluding hydrogens is 466 g/mol. The van der Waals surface area contributed by atoms with Crippen LogP contribution in [0.25, 0.3) is 21.5 Å². The Bertz CT molecular complexity index is 1320. The number of piperidine rings is 1. The van der Waals surface area contributed by atoms with Crippen LogP contribution in [-0.4, -0.2) is 28.8 Å². The fourth-order valence-corrected chi connectivity index (χ4v) is 7.13. The van der Waals surface area contributed by atoms with Gasteiger partial charge in [0, 0.05) is 35.5 Å². The molecule has 174 valence electrons. The molecule has 2 aromatic heterocycles. The summed E-state index contributed by atoms with van der Waals surface area (Å²) in [6.45, 7) is 3.62. The van der Waals surface area contributed by atoms with E-state index in [0.717, 1.165) is 64.6 Å². The number of fused-ring (bicyclic) bond motifs is 3. The molecule has 1 aliphatic heterocycles. The van der Waals surface area contributed by atoms with Gasteiger partial charge in [-0.15, -0.1) is 0 Å². The second kappa shape index (κ2) is 8.08. The number of ether oxygens (including phenoxy) is 1. The van der Waals surface area contributed by atoms with Gasteiger partial charge in [0.2, 0.25) is 0 Å². The lowest BCUT2D eigenvalue weighted by atomic mass is 10.00. The quantitative estimate of drug-likeness (QED) is 0.291. The Hall–Kier alpha value is -2.41. The van der Waals surface area contributed by atoms with Gasteiger partial charge in [-0.2, -0.15) is 0 Å². The predicted molar refractivity (Wildman–Crippen MR) is 136 cm³/mol. The van der Waals surface area contributed by atoms with E-state index in [1.165, 1.54) is 11.1 Å². The number of anilines is 1. The van der Waals surface area contributed by atoms with E-state index in [-0.39, 0.29) is 6.10 Å². The fourth-order valence-electron chi connectivity index (χ4n) is 5.77. The third-order valence-corrected chi connectivity index (χ3v) is 9.06. The zero-order chi connectivity index (χ0) is 22.8. The minimum atomic E-state index is 0.262. The van der Waals surface area contributed by atoms with Crippen LogP contribution in [0.4, 0.5) is 5.13 Å². The molecule has 3 fully saturated rings. The number of halogens is 1. The first-order valence-electron chi connectivity index (χ1n) is 12.1. The minimum absolute atomic E-state index is 0.262. The van der Waals surface area contributed by atoms with Crippen LogP contribution in [0.1, 0.15) is 48.5 Å². The highest BCUT2D eigenvalue weighted by Gasteiger charge is 2.46. The van der Waals surface area contributed by atoms with Gasteiger partial charge in [-0.3, -0.25) is 0 Å². The zero-order valence-electron chi connectivity index (χ0n) is 19.0. The summed E-state index contributed by atoms with van der Waals surface area (Å²) in [5, 5.41) is 6.34. The maximum atomic E-state index is 6.60. The highest BCUT2D eigenvalue weighted by atomic mass is 35.5. The summed E-state index contributed by atoms with van der Waals surface area (Å²) < 4.78 is 13.7. The average molecular weight is 492 g/mol. The molecular formula is C27H26ClN3O2S. The number of hydrogen-bond donors (Lipinski definition) is 0. The largest absolute Gasteiger partial charge is 0.373 e. The normalized spacial score (nSPS) is 23.9. The molecule has 4 aromatic rings. The van der Waals surface area contributed by atoms with Crippen LogP contribution < -0.4 is 4.90 Å². The molecule has 5 nitrogen and oxygen atoms in total. The van der Waals surface area contributed by atoms with E-state index in [4.69, 9.17) is 25.8 Å². The molecule has 3 atom stereocenters. The number of para-hydroxylation sites is 1. The van der Waals surface area contributed by atoms with Gasteiger partial charge in [-0.05, 0) is 56.4 Å². The average Bonchev–Trinajstić information content (AvgIpc) is 3.17. The Kier molecular flexibility index (Phi) is 4.97. The topological polar surface area (TPSA) is 51.4 Å². The Morgan fingerprint density at radius 3 is 2.79 bits per heavy atom. The number of nitrogens with zero attached hydrogens (tertiary/aromatic N) is 3. The second-order valence-corrected chi connectivity index (χ2v) is 11.3. The molecule has 3 aliphatic rings. The summed E-state index contributed by atoms with van der Waals surface area (Å²) >= 11 is 8.39. The number of rotatable bonds is 6. The summed E-state index contributed by atoms with van der Waals surface area (Å²) in [5.74, 6) is 2.00. The van der Waals surface area contributed by atoms with Gasteiger partial charge >= 0.3 is 0 Å². The van der Waals surface area contributed by atoms with Crippen molar-refractivity contribution in [3.05, 3.63) is 64.4 Å². The molecule has 0 amide bonds. The van der Waals surface area contributed by atoms with Gasteiger partial charge in [-0.25, -0.2) is 4.98 Å². The fraction of sp³-hybridized carbons (Fsp3) is 0.407. The standard InChI is InChI=1S/C27H26ClN3O2S/c1-15-5-4-6-20(28)24(15)25-19(26(33-30-25)16-9-10-16)14-32-22-12-18-11-17(22)13-31(18)27-29-21-7-2-3-8-23(21)34-27/h2-8,16-18,22H,9-14H2,1H3/t17-,18-,22?/m1/s1. The third-order valence-electron chi connectivity index (χ3n) is 7.67. The summed E-state index contributed by atoms with van der Waals surface area (Å²) in [5.41, 5.74) is 5.11. The summed E-state index contributed by atoms with van der Waals surface area (Å²) in [4.78, 5) is 7.40. The van der Waals surface area contributed by atoms with Gasteiger partial charge in [0.05, 0.1) is 28.0 Å². The Balaban J connectivity index is 1.10. The third kappa shape index (κ3) is 3.46. The second-order valence-electron chi connectivity index (χ2n) is 9.93. The van der Waals surface area contributed by atoms with Crippen molar-refractivity contribution in [1.82, 2.24) is 10.1 Å². The van der Waals surface area contributed by atoms with E-state index >= 15 is 0 Å². The maximum absolute atomic E-state index is 6.60. The smallest absolute Gasteiger partial charge is 0.186 e. The Labute approximate surface area is 207 Å². The first kappa shape index (κ1) is 20.9. The van der Waals surface area contributed by atoms with Gasteiger partial charge in [0.15, 0.2) is 5.13 Å². The number of aryl methyl sites for hydroxylation is 1. The molecule has 1 unspecified atom stereocenters. The van der Waals surface area contributed by atoms with Gasteiger partial charge < -0.3 is 14.2 Å². The van der Waals surface area contributed by atoms with E-state index in [9.17, 15) is 0 Å². The molecule has 2 bridgehead atoms. The lowest BCUT2D eigenvalue weighted by Crippen LogP contribution is -2.38. The van der Waals surface area contributed by atoms with Crippen molar-refractivity contribution in [2.45, 2.75) is 57.3 Å². The molecule has 0 spiro atoms. The van der Waals surface area contributed by atoms with E-state index in [1.807, 2.05) is 12.1 Å². The number of thiazole rings is 1. The monoisotopic (exact) mass is 491 g/mol. The Morgan fingerprint density at radius 1 is 1.15 bits per heavy atom. The zero-order valence-corrected chi connectivity index (χ0v) is 20.6.